The third-order valence-corrected chi connectivity index (χ3v) is 3.50. The van der Waals surface area contributed by atoms with Crippen molar-refractivity contribution >= 4 is 34.4 Å². The van der Waals surface area contributed by atoms with Gasteiger partial charge in [-0.05, 0) is 30.7 Å². The van der Waals surface area contributed by atoms with Crippen molar-refractivity contribution in [3.8, 4) is 0 Å². The fourth-order valence-electron chi connectivity index (χ4n) is 2.12. The van der Waals surface area contributed by atoms with Crippen molar-refractivity contribution in [1.82, 2.24) is 0 Å². The third-order valence-electron chi connectivity index (χ3n) is 3.26. The Hall–Kier alpha value is -2.88. The first kappa shape index (κ1) is 18.5. The van der Waals surface area contributed by atoms with E-state index in [0.29, 0.717) is 16.7 Å². The van der Waals surface area contributed by atoms with E-state index in [4.69, 9.17) is 11.6 Å². The lowest BCUT2D eigenvalue weighted by molar-refractivity contribution is -0.394. The number of alkyl halides is 3. The highest BCUT2D eigenvalue weighted by Gasteiger charge is 2.39. The molecule has 0 aliphatic carbocycles. The first-order chi connectivity index (χ1) is 11.5. The molecule has 0 aliphatic heterocycles. The molecular weight excluding hydrogens is 367 g/mol. The van der Waals surface area contributed by atoms with E-state index in [-0.39, 0.29) is 11.8 Å². The van der Waals surface area contributed by atoms with Gasteiger partial charge in [0.1, 0.15) is 5.69 Å². The van der Waals surface area contributed by atoms with Crippen LogP contribution >= 0.6 is 11.6 Å². The molecule has 7 nitrogen and oxygen atoms in total. The maximum Gasteiger partial charge on any atom is 0.418 e. The minimum Gasteiger partial charge on any atom is -0.349 e. The minimum absolute atomic E-state index is 0.145. The number of nitrogens with zero attached hydrogens (tertiary/aromatic N) is 2. The summed E-state index contributed by atoms with van der Waals surface area (Å²) in [6, 6.07) is 4.92. The van der Waals surface area contributed by atoms with E-state index in [0.717, 1.165) is 0 Å². The van der Waals surface area contributed by atoms with Gasteiger partial charge in [-0.15, -0.1) is 0 Å². The van der Waals surface area contributed by atoms with E-state index in [2.05, 4.69) is 5.32 Å². The van der Waals surface area contributed by atoms with Crippen LogP contribution in [-0.4, -0.2) is 9.85 Å². The van der Waals surface area contributed by atoms with E-state index in [9.17, 15) is 33.4 Å². The Morgan fingerprint density at radius 2 is 1.72 bits per heavy atom. The highest BCUT2D eigenvalue weighted by atomic mass is 35.5. The maximum atomic E-state index is 13.3. The smallest absolute Gasteiger partial charge is 0.349 e. The van der Waals surface area contributed by atoms with Crippen molar-refractivity contribution in [2.45, 2.75) is 13.1 Å². The van der Waals surface area contributed by atoms with Crippen LogP contribution in [0.1, 0.15) is 11.1 Å². The second-order valence-corrected chi connectivity index (χ2v) is 5.42. The molecule has 0 heterocycles. The number of nitro groups is 2. The molecule has 2 aromatic rings. The Morgan fingerprint density at radius 1 is 1.08 bits per heavy atom. The number of halogens is 4. The summed E-state index contributed by atoms with van der Waals surface area (Å²) >= 11 is 5.77. The molecule has 2 aromatic carbocycles. The van der Waals surface area contributed by atoms with Crippen molar-refractivity contribution in [3.63, 3.8) is 0 Å². The van der Waals surface area contributed by atoms with E-state index in [1.54, 1.807) is 6.92 Å². The Morgan fingerprint density at radius 3 is 2.20 bits per heavy atom. The number of anilines is 2. The van der Waals surface area contributed by atoms with Crippen LogP contribution in [0, 0.1) is 27.2 Å². The Kier molecular flexibility index (Phi) is 4.84. The van der Waals surface area contributed by atoms with Crippen molar-refractivity contribution in [3.05, 3.63) is 66.7 Å². The number of rotatable bonds is 4. The molecule has 0 unspecified atom stereocenters. The Balaban J connectivity index is 2.73. The average Bonchev–Trinajstić information content (AvgIpc) is 2.48. The molecule has 25 heavy (non-hydrogen) atoms. The molecule has 11 heteroatoms. The monoisotopic (exact) mass is 375 g/mol. The second-order valence-electron chi connectivity index (χ2n) is 4.98. The van der Waals surface area contributed by atoms with Crippen molar-refractivity contribution < 1.29 is 23.0 Å². The molecule has 0 saturated carbocycles. The molecule has 0 radical (unpaired) electrons. The summed E-state index contributed by atoms with van der Waals surface area (Å²) in [7, 11) is 0. The van der Waals surface area contributed by atoms with Crippen LogP contribution in [0.15, 0.2) is 30.3 Å². The summed E-state index contributed by atoms with van der Waals surface area (Å²) in [6.07, 6.45) is -5.04. The molecule has 0 amide bonds. The average molecular weight is 376 g/mol. The summed E-state index contributed by atoms with van der Waals surface area (Å²) in [5.41, 5.74) is -3.90. The largest absolute Gasteiger partial charge is 0.418 e. The van der Waals surface area contributed by atoms with Crippen LogP contribution in [0.2, 0.25) is 5.02 Å². The number of non-ortho nitro benzene ring substituents is 1. The van der Waals surface area contributed by atoms with Gasteiger partial charge in [0.15, 0.2) is 0 Å². The van der Waals surface area contributed by atoms with Crippen LogP contribution in [0.5, 0.6) is 0 Å². The molecule has 0 atom stereocenters. The number of benzene rings is 2. The van der Waals surface area contributed by atoms with Gasteiger partial charge in [0.25, 0.3) is 11.4 Å². The van der Waals surface area contributed by atoms with Gasteiger partial charge in [-0.25, -0.2) is 0 Å². The first-order valence-corrected chi connectivity index (χ1v) is 6.95. The van der Waals surface area contributed by atoms with E-state index < -0.39 is 38.6 Å². The van der Waals surface area contributed by atoms with Gasteiger partial charge < -0.3 is 5.32 Å². The minimum atomic E-state index is -5.04. The predicted octanol–water partition coefficient (Wildman–Crippen LogP) is 5.23. The van der Waals surface area contributed by atoms with Gasteiger partial charge in [-0.3, -0.25) is 20.2 Å². The molecule has 0 saturated heterocycles. The fraction of sp³-hybridized carbons (Fsp3) is 0.143. The van der Waals surface area contributed by atoms with Gasteiger partial charge in [0, 0.05) is 16.8 Å². The van der Waals surface area contributed by atoms with Crippen LogP contribution in [0.4, 0.5) is 35.9 Å². The highest BCUT2D eigenvalue weighted by Crippen LogP contribution is 2.44. The normalized spacial score (nSPS) is 11.2. The van der Waals surface area contributed by atoms with Crippen LogP contribution < -0.4 is 5.32 Å². The highest BCUT2D eigenvalue weighted by molar-refractivity contribution is 6.30. The number of hydrogen-bond donors (Lipinski definition) is 1. The third kappa shape index (κ3) is 3.97. The van der Waals surface area contributed by atoms with Gasteiger partial charge in [0.05, 0.1) is 21.5 Å². The fourth-order valence-corrected chi connectivity index (χ4v) is 2.34. The SMILES string of the molecule is Cc1cc(Cl)ccc1Nc1c([N+](=O)[O-])cc([N+](=O)[O-])cc1C(F)(F)F. The molecule has 0 bridgehead atoms. The van der Waals surface area contributed by atoms with E-state index >= 15 is 0 Å². The van der Waals surface area contributed by atoms with Gasteiger partial charge in [0.2, 0.25) is 0 Å². The topological polar surface area (TPSA) is 98.3 Å². The summed E-state index contributed by atoms with van der Waals surface area (Å²) in [6.45, 7) is 1.54. The molecule has 2 rings (SSSR count). The lowest BCUT2D eigenvalue weighted by atomic mass is 10.1. The summed E-state index contributed by atoms with van der Waals surface area (Å²) in [4.78, 5) is 19.7. The Labute approximate surface area is 143 Å². The molecule has 1 N–H and O–H groups in total. The lowest BCUT2D eigenvalue weighted by Crippen LogP contribution is -2.12. The van der Waals surface area contributed by atoms with Crippen molar-refractivity contribution in [2.24, 2.45) is 0 Å². The molecule has 0 spiro atoms. The summed E-state index contributed by atoms with van der Waals surface area (Å²) in [5, 5.41) is 24.6. The standard InChI is InChI=1S/C14H9ClF3N3O4/c1-7-4-8(15)2-3-11(7)19-13-10(14(16,17)18)5-9(20(22)23)6-12(13)21(24)25/h2-6,19H,1H3. The summed E-state index contributed by atoms with van der Waals surface area (Å²) in [5.74, 6) is 0. The van der Waals surface area contributed by atoms with E-state index in [1.165, 1.54) is 18.2 Å². The number of nitrogens with one attached hydrogen (secondary N) is 1. The molecular formula is C14H9ClF3N3O4. The Bertz CT molecular complexity index is 871. The van der Waals surface area contributed by atoms with Gasteiger partial charge in [-0.2, -0.15) is 13.2 Å². The molecule has 0 fully saturated rings. The number of hydrogen-bond acceptors (Lipinski definition) is 5. The van der Waals surface area contributed by atoms with Crippen LogP contribution in [0.3, 0.4) is 0 Å². The van der Waals surface area contributed by atoms with Crippen LogP contribution in [0.25, 0.3) is 0 Å². The number of aryl methyl sites for hydroxylation is 1. The van der Waals surface area contributed by atoms with Crippen molar-refractivity contribution in [1.29, 1.82) is 0 Å². The zero-order valence-electron chi connectivity index (χ0n) is 12.4. The van der Waals surface area contributed by atoms with Crippen LogP contribution in [-0.2, 0) is 6.18 Å². The van der Waals surface area contributed by atoms with Gasteiger partial charge >= 0.3 is 6.18 Å². The summed E-state index contributed by atoms with van der Waals surface area (Å²) < 4.78 is 39.9. The molecule has 0 aliphatic rings. The zero-order valence-corrected chi connectivity index (χ0v) is 13.2. The zero-order chi connectivity index (χ0) is 18.9. The number of nitro benzene ring substituents is 2. The second kappa shape index (κ2) is 6.55. The molecule has 132 valence electrons. The quantitative estimate of drug-likeness (QED) is 0.583. The van der Waals surface area contributed by atoms with Crippen molar-refractivity contribution in [2.75, 3.05) is 5.32 Å². The van der Waals surface area contributed by atoms with E-state index in [1.807, 2.05) is 0 Å². The lowest BCUT2D eigenvalue weighted by Gasteiger charge is -2.16. The predicted molar refractivity (Wildman–Crippen MR) is 84.2 cm³/mol. The van der Waals surface area contributed by atoms with Gasteiger partial charge in [-0.1, -0.05) is 11.6 Å². The first-order valence-electron chi connectivity index (χ1n) is 6.58. The molecule has 0 aromatic heterocycles. The maximum absolute atomic E-state index is 13.3.